The molecule has 0 bridgehead atoms. The minimum absolute atomic E-state index is 0.385. The van der Waals surface area contributed by atoms with Crippen LogP contribution in [0.1, 0.15) is 10.4 Å². The van der Waals surface area contributed by atoms with E-state index >= 15 is 0 Å². The second-order valence-corrected chi connectivity index (χ2v) is 5.01. The first-order valence-electron chi connectivity index (χ1n) is 4.57. The van der Waals surface area contributed by atoms with E-state index in [0.29, 0.717) is 11.3 Å². The van der Waals surface area contributed by atoms with Crippen molar-refractivity contribution in [1.29, 1.82) is 0 Å². The first-order chi connectivity index (χ1) is 8.24. The van der Waals surface area contributed by atoms with Crippen molar-refractivity contribution in [2.45, 2.75) is 0 Å². The molecule has 1 aromatic rings. The molecule has 0 saturated carbocycles. The number of thiocarbonyl (C=S) groups is 1. The number of carbonyl (C=O) groups is 1. The molecule has 0 aliphatic carbocycles. The summed E-state index contributed by atoms with van der Waals surface area (Å²) in [7, 11) is 1.35. The Morgan fingerprint density at radius 1 is 1.65 bits per heavy atom. The van der Waals surface area contributed by atoms with Crippen LogP contribution in [0.15, 0.2) is 23.3 Å². The van der Waals surface area contributed by atoms with Crippen molar-refractivity contribution in [3.63, 3.8) is 0 Å². The lowest BCUT2D eigenvalue weighted by molar-refractivity contribution is 0.0600. The number of carbonyl (C=O) groups excluding carboxylic acids is 1. The molecular formula is C11H11IN2O2S. The van der Waals surface area contributed by atoms with Crippen molar-refractivity contribution in [2.24, 2.45) is 5.10 Å². The van der Waals surface area contributed by atoms with Crippen LogP contribution in [0.4, 0.5) is 5.69 Å². The van der Waals surface area contributed by atoms with Crippen molar-refractivity contribution in [3.05, 3.63) is 27.3 Å². The van der Waals surface area contributed by atoms with E-state index in [4.69, 9.17) is 4.74 Å². The average Bonchev–Trinajstić information content (AvgIpc) is 2.37. The minimum Gasteiger partial charge on any atom is -0.465 e. The van der Waals surface area contributed by atoms with Crippen LogP contribution in [0.3, 0.4) is 0 Å². The van der Waals surface area contributed by atoms with Crippen LogP contribution >= 0.6 is 32.9 Å². The summed E-state index contributed by atoms with van der Waals surface area (Å²) in [6.07, 6.45) is 1.43. The first kappa shape index (κ1) is 13.9. The van der Waals surface area contributed by atoms with Gasteiger partial charge in [-0.05, 0) is 12.1 Å². The standard InChI is InChI=1S/C11H11IN2O2S/c1-12-8-4-3-5-9(14-13-6-7-17)10(8)11(15)16-2/h3-7,14H,1H2,2H3/b13-6+. The van der Waals surface area contributed by atoms with Gasteiger partial charge in [0, 0.05) is 8.94 Å². The van der Waals surface area contributed by atoms with Gasteiger partial charge in [0.1, 0.15) is 0 Å². The van der Waals surface area contributed by atoms with Gasteiger partial charge < -0.3 is 4.74 Å². The number of halogens is 1. The Balaban J connectivity index is 3.18. The van der Waals surface area contributed by atoms with Gasteiger partial charge in [-0.25, -0.2) is 4.79 Å². The molecule has 0 aliphatic heterocycles. The van der Waals surface area contributed by atoms with E-state index in [1.807, 2.05) is 12.1 Å². The number of benzene rings is 1. The number of nitrogens with one attached hydrogen (secondary N) is 1. The average molecular weight is 362 g/mol. The Hall–Kier alpha value is -1.15. The Morgan fingerprint density at radius 2 is 2.41 bits per heavy atom. The topological polar surface area (TPSA) is 50.7 Å². The lowest BCUT2D eigenvalue weighted by Crippen LogP contribution is -2.08. The molecule has 0 heterocycles. The molecule has 0 fully saturated rings. The van der Waals surface area contributed by atoms with Crippen molar-refractivity contribution in [1.82, 2.24) is 0 Å². The van der Waals surface area contributed by atoms with Gasteiger partial charge in [0.25, 0.3) is 0 Å². The predicted octanol–water partition coefficient (Wildman–Crippen LogP) is 2.44. The molecule has 6 heteroatoms. The molecule has 0 spiro atoms. The summed E-state index contributed by atoms with van der Waals surface area (Å²) in [5.41, 5.74) is 3.87. The summed E-state index contributed by atoms with van der Waals surface area (Å²) in [6, 6.07) is 5.48. The van der Waals surface area contributed by atoms with Crippen LogP contribution in [0.25, 0.3) is 0 Å². The highest BCUT2D eigenvalue weighted by Crippen LogP contribution is 2.24. The third kappa shape index (κ3) is 3.67. The normalized spacial score (nSPS) is 10.2. The van der Waals surface area contributed by atoms with Gasteiger partial charge in [-0.15, -0.1) is 0 Å². The van der Waals surface area contributed by atoms with Crippen LogP contribution in [0.2, 0.25) is 0 Å². The van der Waals surface area contributed by atoms with Gasteiger partial charge in [0.15, 0.2) is 0 Å². The summed E-state index contributed by atoms with van der Waals surface area (Å²) >= 11 is 4.15. The van der Waals surface area contributed by atoms with Crippen molar-refractivity contribution >= 4 is 60.7 Å². The predicted molar refractivity (Wildman–Crippen MR) is 83.4 cm³/mol. The number of hydrogen-bond acceptors (Lipinski definition) is 5. The lowest BCUT2D eigenvalue weighted by Gasteiger charge is -2.09. The molecule has 4 nitrogen and oxygen atoms in total. The lowest BCUT2D eigenvalue weighted by atomic mass is 10.2. The zero-order valence-electron chi connectivity index (χ0n) is 9.14. The monoisotopic (exact) mass is 362 g/mol. The van der Waals surface area contributed by atoms with E-state index in [-0.39, 0.29) is 5.97 Å². The number of hydrogen-bond donors (Lipinski definition) is 1. The molecule has 0 atom stereocenters. The molecule has 1 aromatic carbocycles. The Bertz CT molecular complexity index is 475. The number of hydrazone groups is 1. The fourth-order valence-electron chi connectivity index (χ4n) is 1.18. The van der Waals surface area contributed by atoms with Gasteiger partial charge in [0.05, 0.1) is 24.6 Å². The van der Waals surface area contributed by atoms with Crippen molar-refractivity contribution in [2.75, 3.05) is 12.5 Å². The number of methoxy groups -OCH3 is 1. The second-order valence-electron chi connectivity index (χ2n) is 2.81. The third-order valence-corrected chi connectivity index (χ3v) is 3.71. The molecule has 1 N–H and O–H groups in total. The van der Waals surface area contributed by atoms with E-state index < -0.39 is 20.7 Å². The zero-order chi connectivity index (χ0) is 12.7. The van der Waals surface area contributed by atoms with Gasteiger partial charge in [0.2, 0.25) is 0 Å². The third-order valence-electron chi connectivity index (χ3n) is 1.87. The molecular weight excluding hydrogens is 351 g/mol. The van der Waals surface area contributed by atoms with E-state index in [9.17, 15) is 4.79 Å². The molecule has 0 saturated heterocycles. The number of esters is 1. The Morgan fingerprint density at radius 3 is 3.00 bits per heavy atom. The van der Waals surface area contributed by atoms with E-state index in [0.717, 1.165) is 3.57 Å². The fourth-order valence-corrected chi connectivity index (χ4v) is 2.59. The van der Waals surface area contributed by atoms with E-state index in [1.165, 1.54) is 18.7 Å². The molecule has 17 heavy (non-hydrogen) atoms. The second kappa shape index (κ2) is 7.23. The summed E-state index contributed by atoms with van der Waals surface area (Å²) in [4.78, 5) is 11.7. The van der Waals surface area contributed by atoms with Crippen molar-refractivity contribution in [3.8, 4) is 0 Å². The molecule has 1 rings (SSSR count). The Kier molecular flexibility index (Phi) is 5.92. The number of ether oxygens (including phenoxy) is 1. The number of nitrogens with zero attached hydrogens (tertiary/aromatic N) is 1. The summed E-state index contributed by atoms with van der Waals surface area (Å²) < 4.78 is 9.56. The SMILES string of the molecule is C=Ic1cccc(N/N=C/C=S)c1C(=O)OC. The highest BCUT2D eigenvalue weighted by molar-refractivity contribution is 14.2. The summed E-state index contributed by atoms with van der Waals surface area (Å²) in [5, 5.41) is 5.24. The molecule has 0 radical (unpaired) electrons. The summed E-state index contributed by atoms with van der Waals surface area (Å²) in [5.74, 6) is -0.385. The van der Waals surface area contributed by atoms with Crippen molar-refractivity contribution < 1.29 is 9.53 Å². The van der Waals surface area contributed by atoms with E-state index in [2.05, 4.69) is 27.3 Å². The summed E-state index contributed by atoms with van der Waals surface area (Å²) in [6.45, 7) is 0. The van der Waals surface area contributed by atoms with E-state index in [1.54, 1.807) is 6.07 Å². The van der Waals surface area contributed by atoms with Gasteiger partial charge in [-0.2, -0.15) is 5.10 Å². The smallest absolute Gasteiger partial charge is 0.341 e. The minimum atomic E-state index is -0.460. The molecule has 0 amide bonds. The maximum absolute atomic E-state index is 11.7. The van der Waals surface area contributed by atoms with Crippen LogP contribution in [0.5, 0.6) is 0 Å². The highest BCUT2D eigenvalue weighted by Gasteiger charge is 2.15. The molecule has 0 unspecified atom stereocenters. The van der Waals surface area contributed by atoms with Gasteiger partial charge in [-0.3, -0.25) is 5.43 Å². The maximum atomic E-state index is 11.7. The van der Waals surface area contributed by atoms with Crippen LogP contribution in [-0.2, 0) is 4.74 Å². The van der Waals surface area contributed by atoms with Gasteiger partial charge >= 0.3 is 5.97 Å². The Labute approximate surface area is 115 Å². The first-order valence-corrected chi connectivity index (χ1v) is 7.64. The van der Waals surface area contributed by atoms with Gasteiger partial charge in [-0.1, -0.05) is 43.5 Å². The molecule has 90 valence electrons. The largest absolute Gasteiger partial charge is 0.465 e. The van der Waals surface area contributed by atoms with Crippen LogP contribution in [0, 0.1) is 3.57 Å². The molecule has 0 aromatic heterocycles. The number of anilines is 1. The quantitative estimate of drug-likeness (QED) is 0.287. The van der Waals surface area contributed by atoms with Crippen LogP contribution < -0.4 is 5.43 Å². The zero-order valence-corrected chi connectivity index (χ0v) is 12.1. The van der Waals surface area contributed by atoms with Crippen LogP contribution in [-0.4, -0.2) is 29.2 Å². The fraction of sp³-hybridized carbons (Fsp3) is 0.0909. The highest BCUT2D eigenvalue weighted by atomic mass is 127. The number of rotatable bonds is 5. The molecule has 0 aliphatic rings. The maximum Gasteiger partial charge on any atom is 0.341 e.